The van der Waals surface area contributed by atoms with Crippen molar-refractivity contribution in [3.8, 4) is 0 Å². The summed E-state index contributed by atoms with van der Waals surface area (Å²) in [5.41, 5.74) is 3.55. The molecule has 2 rings (SSSR count). The highest BCUT2D eigenvalue weighted by Gasteiger charge is 2.06. The highest BCUT2D eigenvalue weighted by molar-refractivity contribution is 5.70. The van der Waals surface area contributed by atoms with Crippen LogP contribution in [0.4, 0.5) is 5.82 Å². The van der Waals surface area contributed by atoms with Crippen LogP contribution in [0.5, 0.6) is 0 Å². The number of hydrogen-bond donors (Lipinski definition) is 2. The van der Waals surface area contributed by atoms with E-state index in [1.807, 2.05) is 38.1 Å². The van der Waals surface area contributed by atoms with E-state index in [2.05, 4.69) is 15.3 Å². The molecule has 0 bridgehead atoms. The van der Waals surface area contributed by atoms with Gasteiger partial charge in [0.15, 0.2) is 0 Å². The maximum atomic E-state index is 10.8. The van der Waals surface area contributed by atoms with Gasteiger partial charge >= 0.3 is 5.97 Å². The number of aliphatic carboxylic acids is 1. The largest absolute Gasteiger partial charge is 0.481 e. The van der Waals surface area contributed by atoms with E-state index in [-0.39, 0.29) is 6.42 Å². The summed E-state index contributed by atoms with van der Waals surface area (Å²) >= 11 is 0. The lowest BCUT2D eigenvalue weighted by Gasteiger charge is -2.10. The van der Waals surface area contributed by atoms with Crippen LogP contribution in [0, 0.1) is 13.8 Å². The number of anilines is 1. The summed E-state index contributed by atoms with van der Waals surface area (Å²) in [5, 5.41) is 12.1. The van der Waals surface area contributed by atoms with E-state index in [1.165, 1.54) is 0 Å². The van der Waals surface area contributed by atoms with Gasteiger partial charge in [-0.2, -0.15) is 0 Å². The SMILES string of the molecule is Cc1ncc(NCc2ccccc2CC(=O)O)nc1C. The van der Waals surface area contributed by atoms with Crippen molar-refractivity contribution in [3.05, 3.63) is 53.0 Å². The number of nitrogens with one attached hydrogen (secondary N) is 1. The number of aromatic nitrogens is 2. The van der Waals surface area contributed by atoms with Crippen molar-refractivity contribution in [2.75, 3.05) is 5.32 Å². The Morgan fingerprint density at radius 3 is 2.55 bits per heavy atom. The zero-order valence-electron chi connectivity index (χ0n) is 11.6. The predicted octanol–water partition coefficient (Wildman–Crippen LogP) is 2.33. The molecule has 1 aromatic carbocycles. The molecule has 0 aliphatic rings. The van der Waals surface area contributed by atoms with E-state index >= 15 is 0 Å². The first kappa shape index (κ1) is 14.0. The van der Waals surface area contributed by atoms with Gasteiger partial charge in [-0.25, -0.2) is 4.98 Å². The van der Waals surface area contributed by atoms with Crippen LogP contribution in [0.1, 0.15) is 22.5 Å². The normalized spacial score (nSPS) is 10.3. The van der Waals surface area contributed by atoms with Gasteiger partial charge in [-0.3, -0.25) is 9.78 Å². The van der Waals surface area contributed by atoms with Gasteiger partial charge in [-0.1, -0.05) is 24.3 Å². The molecule has 0 amide bonds. The Morgan fingerprint density at radius 2 is 1.90 bits per heavy atom. The molecule has 0 saturated carbocycles. The fourth-order valence-corrected chi connectivity index (χ4v) is 1.88. The molecule has 1 heterocycles. The molecule has 0 saturated heterocycles. The number of aryl methyl sites for hydroxylation is 2. The summed E-state index contributed by atoms with van der Waals surface area (Å²) < 4.78 is 0. The second-order valence-corrected chi connectivity index (χ2v) is 4.62. The minimum Gasteiger partial charge on any atom is -0.481 e. The Hall–Kier alpha value is -2.43. The number of benzene rings is 1. The fraction of sp³-hybridized carbons (Fsp3) is 0.267. The summed E-state index contributed by atoms with van der Waals surface area (Å²) in [4.78, 5) is 19.5. The average Bonchev–Trinajstić information content (AvgIpc) is 2.41. The van der Waals surface area contributed by atoms with E-state index in [0.717, 1.165) is 22.5 Å². The maximum absolute atomic E-state index is 10.8. The van der Waals surface area contributed by atoms with E-state index in [9.17, 15) is 4.79 Å². The van der Waals surface area contributed by atoms with E-state index < -0.39 is 5.97 Å². The fourth-order valence-electron chi connectivity index (χ4n) is 1.88. The molecule has 0 atom stereocenters. The number of carboxylic acids is 1. The van der Waals surface area contributed by atoms with Crippen LogP contribution in [0.2, 0.25) is 0 Å². The first-order chi connectivity index (χ1) is 9.56. The topological polar surface area (TPSA) is 75.1 Å². The minimum absolute atomic E-state index is 0.0243. The van der Waals surface area contributed by atoms with Crippen molar-refractivity contribution in [2.45, 2.75) is 26.8 Å². The molecule has 0 aliphatic heterocycles. The molecule has 2 aromatic rings. The maximum Gasteiger partial charge on any atom is 0.307 e. The second kappa shape index (κ2) is 6.14. The van der Waals surface area contributed by atoms with Crippen LogP contribution in [-0.4, -0.2) is 21.0 Å². The van der Waals surface area contributed by atoms with Gasteiger partial charge in [0.05, 0.1) is 24.0 Å². The lowest BCUT2D eigenvalue weighted by molar-refractivity contribution is -0.136. The third kappa shape index (κ3) is 3.54. The molecular formula is C15H17N3O2. The summed E-state index contributed by atoms with van der Waals surface area (Å²) in [7, 11) is 0. The van der Waals surface area contributed by atoms with Gasteiger partial charge in [-0.05, 0) is 25.0 Å². The van der Waals surface area contributed by atoms with Crippen LogP contribution in [0.15, 0.2) is 30.5 Å². The first-order valence-electron chi connectivity index (χ1n) is 6.39. The van der Waals surface area contributed by atoms with Gasteiger partial charge in [-0.15, -0.1) is 0 Å². The zero-order chi connectivity index (χ0) is 14.5. The minimum atomic E-state index is -0.830. The van der Waals surface area contributed by atoms with Crippen LogP contribution in [-0.2, 0) is 17.8 Å². The first-order valence-corrected chi connectivity index (χ1v) is 6.39. The van der Waals surface area contributed by atoms with Crippen molar-refractivity contribution in [3.63, 3.8) is 0 Å². The molecule has 0 fully saturated rings. The summed E-state index contributed by atoms with van der Waals surface area (Å²) in [6.45, 7) is 4.35. The molecule has 0 spiro atoms. The second-order valence-electron chi connectivity index (χ2n) is 4.62. The number of carboxylic acid groups (broad SMARTS) is 1. The predicted molar refractivity (Wildman–Crippen MR) is 76.6 cm³/mol. The van der Waals surface area contributed by atoms with Gasteiger partial charge in [0.25, 0.3) is 0 Å². The molecule has 1 aromatic heterocycles. The molecule has 5 nitrogen and oxygen atoms in total. The Balaban J connectivity index is 2.10. The molecule has 2 N–H and O–H groups in total. The number of hydrogen-bond acceptors (Lipinski definition) is 4. The standard InChI is InChI=1S/C15H17N3O2/c1-10-11(2)18-14(9-16-10)17-8-13-6-4-3-5-12(13)7-15(19)20/h3-6,9H,7-8H2,1-2H3,(H,17,18)(H,19,20). The number of nitrogens with zero attached hydrogens (tertiary/aromatic N) is 2. The summed E-state index contributed by atoms with van der Waals surface area (Å²) in [6, 6.07) is 7.49. The molecule has 0 aliphatic carbocycles. The molecule has 0 unspecified atom stereocenters. The Labute approximate surface area is 117 Å². The molecule has 20 heavy (non-hydrogen) atoms. The van der Waals surface area contributed by atoms with E-state index in [4.69, 9.17) is 5.11 Å². The van der Waals surface area contributed by atoms with Crippen LogP contribution >= 0.6 is 0 Å². The van der Waals surface area contributed by atoms with E-state index in [1.54, 1.807) is 6.20 Å². The van der Waals surface area contributed by atoms with Crippen molar-refractivity contribution in [2.24, 2.45) is 0 Å². The molecular weight excluding hydrogens is 254 g/mol. The lowest BCUT2D eigenvalue weighted by Crippen LogP contribution is -2.08. The van der Waals surface area contributed by atoms with Crippen LogP contribution in [0.3, 0.4) is 0 Å². The van der Waals surface area contributed by atoms with Gasteiger partial charge in [0, 0.05) is 6.54 Å². The highest BCUT2D eigenvalue weighted by atomic mass is 16.4. The lowest BCUT2D eigenvalue weighted by atomic mass is 10.0. The van der Waals surface area contributed by atoms with E-state index in [0.29, 0.717) is 12.4 Å². The highest BCUT2D eigenvalue weighted by Crippen LogP contribution is 2.13. The van der Waals surface area contributed by atoms with Gasteiger partial charge in [0.1, 0.15) is 5.82 Å². The van der Waals surface area contributed by atoms with Crippen molar-refractivity contribution < 1.29 is 9.90 Å². The summed E-state index contributed by atoms with van der Waals surface area (Å²) in [5.74, 6) is -0.137. The van der Waals surface area contributed by atoms with Crippen molar-refractivity contribution >= 4 is 11.8 Å². The van der Waals surface area contributed by atoms with Gasteiger partial charge < -0.3 is 10.4 Å². The number of rotatable bonds is 5. The molecule has 5 heteroatoms. The Morgan fingerprint density at radius 1 is 1.20 bits per heavy atom. The Bertz CT molecular complexity index is 626. The van der Waals surface area contributed by atoms with Gasteiger partial charge in [0.2, 0.25) is 0 Å². The third-order valence-electron chi connectivity index (χ3n) is 3.11. The quantitative estimate of drug-likeness (QED) is 0.873. The molecule has 0 radical (unpaired) electrons. The Kier molecular flexibility index (Phi) is 4.30. The third-order valence-corrected chi connectivity index (χ3v) is 3.11. The van der Waals surface area contributed by atoms with Crippen molar-refractivity contribution in [1.82, 2.24) is 9.97 Å². The zero-order valence-corrected chi connectivity index (χ0v) is 11.6. The van der Waals surface area contributed by atoms with Crippen molar-refractivity contribution in [1.29, 1.82) is 0 Å². The van der Waals surface area contributed by atoms with Crippen LogP contribution in [0.25, 0.3) is 0 Å². The smallest absolute Gasteiger partial charge is 0.307 e. The molecule has 104 valence electrons. The number of carbonyl (C=O) groups is 1. The van der Waals surface area contributed by atoms with Crippen LogP contribution < -0.4 is 5.32 Å². The monoisotopic (exact) mass is 271 g/mol. The average molecular weight is 271 g/mol. The summed E-state index contributed by atoms with van der Waals surface area (Å²) in [6.07, 6.45) is 1.71.